The fourth-order valence-corrected chi connectivity index (χ4v) is 2.27. The van der Waals surface area contributed by atoms with Gasteiger partial charge in [0.05, 0.1) is 0 Å². The van der Waals surface area contributed by atoms with E-state index in [1.54, 1.807) is 6.20 Å². The summed E-state index contributed by atoms with van der Waals surface area (Å²) in [5.74, 6) is 0.692. The topological polar surface area (TPSA) is 48.8 Å². The molecule has 0 amide bonds. The minimum absolute atomic E-state index is 0.692. The molecule has 0 aliphatic heterocycles. The maximum absolute atomic E-state index is 7.33. The molecule has 0 spiro atoms. The average Bonchev–Trinajstić information content (AvgIpc) is 2.38. The third kappa shape index (κ3) is 3.31. The molecule has 2 rings (SSSR count). The number of halogens is 1. The molecular weight excluding hydrogens is 298 g/mol. The predicted molar refractivity (Wildman–Crippen MR) is 75.7 cm³/mol. The molecule has 0 radical (unpaired) electrons. The quantitative estimate of drug-likeness (QED) is 0.664. The summed E-state index contributed by atoms with van der Waals surface area (Å²) in [5.41, 5.74) is 0.753. The predicted octanol–water partition coefficient (Wildman–Crippen LogP) is 3.96. The molecule has 2 aromatic rings. The summed E-state index contributed by atoms with van der Waals surface area (Å²) >= 11 is 4.81. The Hall–Kier alpha value is -1.33. The van der Waals surface area contributed by atoms with Gasteiger partial charge in [0.25, 0.3) is 0 Å². The third-order valence-corrected chi connectivity index (χ3v) is 3.29. The van der Waals surface area contributed by atoms with Crippen LogP contribution < -0.4 is 4.72 Å². The zero-order valence-electron chi connectivity index (χ0n) is 8.85. The summed E-state index contributed by atoms with van der Waals surface area (Å²) in [4.78, 5) is 5.34. The number of pyridine rings is 1. The highest BCUT2D eigenvalue weighted by Crippen LogP contribution is 2.23. The number of anilines is 1. The first-order chi connectivity index (χ1) is 8.29. The molecule has 1 aromatic heterocycles. The number of aromatic nitrogens is 1. The summed E-state index contributed by atoms with van der Waals surface area (Å²) < 4.78 is 4.01. The lowest BCUT2D eigenvalue weighted by atomic mass is 10.3. The van der Waals surface area contributed by atoms with Crippen LogP contribution in [0.3, 0.4) is 0 Å². The summed E-state index contributed by atoms with van der Waals surface area (Å²) in [5, 5.41) is 7.33. The van der Waals surface area contributed by atoms with Gasteiger partial charge in [0, 0.05) is 27.3 Å². The van der Waals surface area contributed by atoms with Crippen LogP contribution in [0.1, 0.15) is 5.56 Å². The van der Waals surface area contributed by atoms with Gasteiger partial charge in [0.15, 0.2) is 0 Å². The van der Waals surface area contributed by atoms with Gasteiger partial charge in [0.2, 0.25) is 0 Å². The van der Waals surface area contributed by atoms with E-state index in [0.29, 0.717) is 5.82 Å². The van der Waals surface area contributed by atoms with Crippen molar-refractivity contribution >= 4 is 39.9 Å². The van der Waals surface area contributed by atoms with E-state index in [2.05, 4.69) is 25.6 Å². The summed E-state index contributed by atoms with van der Waals surface area (Å²) in [6.07, 6.45) is 2.99. The van der Waals surface area contributed by atoms with Crippen molar-refractivity contribution in [3.63, 3.8) is 0 Å². The van der Waals surface area contributed by atoms with Gasteiger partial charge in [-0.1, -0.05) is 18.2 Å². The van der Waals surface area contributed by atoms with Gasteiger partial charge >= 0.3 is 0 Å². The van der Waals surface area contributed by atoms with Crippen molar-refractivity contribution in [1.82, 2.24) is 4.98 Å². The molecule has 0 atom stereocenters. The van der Waals surface area contributed by atoms with Crippen LogP contribution in [-0.2, 0) is 0 Å². The molecule has 1 aromatic carbocycles. The monoisotopic (exact) mass is 307 g/mol. The van der Waals surface area contributed by atoms with Gasteiger partial charge in [-0.3, -0.25) is 0 Å². The fraction of sp³-hybridized carbons (Fsp3) is 0. The zero-order valence-corrected chi connectivity index (χ0v) is 11.3. The van der Waals surface area contributed by atoms with Crippen LogP contribution in [0.15, 0.2) is 52.0 Å². The lowest BCUT2D eigenvalue weighted by Crippen LogP contribution is -1.96. The number of nitrogens with one attached hydrogen (secondary N) is 2. The van der Waals surface area contributed by atoms with E-state index in [-0.39, 0.29) is 0 Å². The molecule has 86 valence electrons. The molecule has 0 fully saturated rings. The smallest absolute Gasteiger partial charge is 0.144 e. The van der Waals surface area contributed by atoms with Crippen molar-refractivity contribution in [2.45, 2.75) is 4.90 Å². The molecular formula is C12H10BrN3S. The Morgan fingerprint density at radius 2 is 2.06 bits per heavy atom. The molecule has 0 saturated heterocycles. The second-order valence-electron chi connectivity index (χ2n) is 3.25. The Labute approximate surface area is 112 Å². The highest BCUT2D eigenvalue weighted by Gasteiger charge is 2.02. The minimum atomic E-state index is 0.692. The normalized spacial score (nSPS) is 9.94. The molecule has 3 nitrogen and oxygen atoms in total. The van der Waals surface area contributed by atoms with Gasteiger partial charge in [-0.2, -0.15) is 0 Å². The van der Waals surface area contributed by atoms with E-state index in [4.69, 9.17) is 5.41 Å². The number of nitrogens with zero attached hydrogens (tertiary/aromatic N) is 1. The number of rotatable bonds is 4. The first-order valence-electron chi connectivity index (χ1n) is 4.93. The van der Waals surface area contributed by atoms with Crippen molar-refractivity contribution < 1.29 is 0 Å². The first kappa shape index (κ1) is 12.1. The largest absolute Gasteiger partial charge is 0.310 e. The van der Waals surface area contributed by atoms with Gasteiger partial charge < -0.3 is 10.1 Å². The second-order valence-corrected chi connectivity index (χ2v) is 5.05. The zero-order chi connectivity index (χ0) is 12.1. The van der Waals surface area contributed by atoms with E-state index < -0.39 is 0 Å². The molecule has 1 heterocycles. The third-order valence-electron chi connectivity index (χ3n) is 2.05. The molecule has 17 heavy (non-hydrogen) atoms. The van der Waals surface area contributed by atoms with Crippen molar-refractivity contribution in [2.75, 3.05) is 4.72 Å². The Bertz CT molecular complexity index is 516. The van der Waals surface area contributed by atoms with Crippen LogP contribution in [0.4, 0.5) is 5.82 Å². The highest BCUT2D eigenvalue weighted by molar-refractivity contribution is 9.10. The van der Waals surface area contributed by atoms with Gasteiger partial charge in [-0.25, -0.2) is 4.98 Å². The SMILES string of the molecule is N=Cc1cc(Br)cnc1NSc1ccccc1. The standard InChI is InChI=1S/C12H10BrN3S/c13-10-6-9(7-14)12(15-8-10)16-17-11-4-2-1-3-5-11/h1-8,14H,(H,15,16). The molecule has 0 aliphatic carbocycles. The van der Waals surface area contributed by atoms with E-state index in [1.165, 1.54) is 18.2 Å². The minimum Gasteiger partial charge on any atom is -0.310 e. The van der Waals surface area contributed by atoms with Crippen molar-refractivity contribution in [2.24, 2.45) is 0 Å². The summed E-state index contributed by atoms with van der Waals surface area (Å²) in [6.45, 7) is 0. The lowest BCUT2D eigenvalue weighted by molar-refractivity contribution is 1.30. The Morgan fingerprint density at radius 1 is 1.29 bits per heavy atom. The van der Waals surface area contributed by atoms with E-state index >= 15 is 0 Å². The van der Waals surface area contributed by atoms with E-state index in [1.807, 2.05) is 36.4 Å². The van der Waals surface area contributed by atoms with Crippen LogP contribution in [0.5, 0.6) is 0 Å². The maximum atomic E-state index is 7.33. The summed E-state index contributed by atoms with van der Waals surface area (Å²) in [7, 11) is 0. The fourth-order valence-electron chi connectivity index (χ4n) is 1.25. The number of hydrogen-bond donors (Lipinski definition) is 2. The van der Waals surface area contributed by atoms with Crippen LogP contribution >= 0.6 is 27.9 Å². The Morgan fingerprint density at radius 3 is 2.76 bits per heavy atom. The molecule has 0 unspecified atom stereocenters. The van der Waals surface area contributed by atoms with Crippen LogP contribution in [0.25, 0.3) is 0 Å². The summed E-state index contributed by atoms with van der Waals surface area (Å²) in [6, 6.07) is 11.8. The maximum Gasteiger partial charge on any atom is 0.144 e. The molecule has 0 saturated carbocycles. The van der Waals surface area contributed by atoms with E-state index in [0.717, 1.165) is 14.9 Å². The van der Waals surface area contributed by atoms with Crippen LogP contribution in [-0.4, -0.2) is 11.2 Å². The van der Waals surface area contributed by atoms with Crippen LogP contribution in [0, 0.1) is 5.41 Å². The highest BCUT2D eigenvalue weighted by atomic mass is 79.9. The van der Waals surface area contributed by atoms with Gasteiger partial charge in [-0.05, 0) is 46.1 Å². The molecule has 5 heteroatoms. The molecule has 0 aliphatic rings. The van der Waals surface area contributed by atoms with E-state index in [9.17, 15) is 0 Å². The van der Waals surface area contributed by atoms with Crippen molar-refractivity contribution in [3.05, 3.63) is 52.6 Å². The van der Waals surface area contributed by atoms with Crippen LogP contribution in [0.2, 0.25) is 0 Å². The van der Waals surface area contributed by atoms with Crippen molar-refractivity contribution in [3.8, 4) is 0 Å². The second kappa shape index (κ2) is 5.84. The average molecular weight is 308 g/mol. The van der Waals surface area contributed by atoms with Crippen molar-refractivity contribution in [1.29, 1.82) is 5.41 Å². The Kier molecular flexibility index (Phi) is 4.17. The molecule has 0 bridgehead atoms. The molecule has 2 N–H and O–H groups in total. The number of benzene rings is 1. The Balaban J connectivity index is 2.11. The first-order valence-corrected chi connectivity index (χ1v) is 6.54. The van der Waals surface area contributed by atoms with Gasteiger partial charge in [-0.15, -0.1) is 0 Å². The van der Waals surface area contributed by atoms with Gasteiger partial charge in [0.1, 0.15) is 5.82 Å². The lowest BCUT2D eigenvalue weighted by Gasteiger charge is -2.07. The number of hydrogen-bond acceptors (Lipinski definition) is 4.